The van der Waals surface area contributed by atoms with Gasteiger partial charge in [-0.1, -0.05) is 37.3 Å². The molecular weight excluding hydrogens is 462 g/mol. The van der Waals surface area contributed by atoms with Crippen molar-refractivity contribution in [1.29, 1.82) is 0 Å². The van der Waals surface area contributed by atoms with Crippen molar-refractivity contribution in [1.82, 2.24) is 9.97 Å². The number of carboxylic acids is 1. The number of aromatic carboxylic acids is 1. The number of aryl methyl sites for hydroxylation is 1. The molecule has 5 aliphatic rings. The summed E-state index contributed by atoms with van der Waals surface area (Å²) in [6.45, 7) is 2.16. The van der Waals surface area contributed by atoms with Gasteiger partial charge in [0.2, 0.25) is 0 Å². The molecular formula is C31H37N3O3. The van der Waals surface area contributed by atoms with E-state index in [2.05, 4.69) is 41.5 Å². The first-order valence-corrected chi connectivity index (χ1v) is 14.0. The largest absolute Gasteiger partial charge is 0.478 e. The topological polar surface area (TPSA) is 95.1 Å². The molecule has 0 aliphatic heterocycles. The van der Waals surface area contributed by atoms with Crippen molar-refractivity contribution in [3.63, 3.8) is 0 Å². The zero-order chi connectivity index (χ0) is 25.6. The van der Waals surface area contributed by atoms with E-state index < -0.39 is 5.97 Å². The Morgan fingerprint density at radius 3 is 2.46 bits per heavy atom. The van der Waals surface area contributed by atoms with E-state index in [4.69, 9.17) is 4.98 Å². The molecule has 7 rings (SSSR count). The van der Waals surface area contributed by atoms with E-state index in [-0.39, 0.29) is 16.9 Å². The fourth-order valence-electron chi connectivity index (χ4n) is 8.19. The lowest BCUT2D eigenvalue weighted by molar-refractivity contribution is -0.0570. The Kier molecular flexibility index (Phi) is 6.09. The summed E-state index contributed by atoms with van der Waals surface area (Å²) in [6, 6.07) is 6.38. The Morgan fingerprint density at radius 1 is 1.11 bits per heavy atom. The maximum absolute atomic E-state index is 13.6. The Bertz CT molecular complexity index is 1240. The van der Waals surface area contributed by atoms with Gasteiger partial charge in [-0.15, -0.1) is 0 Å². The number of nitrogens with zero attached hydrogens (tertiary/aromatic N) is 1. The third-order valence-electron chi connectivity index (χ3n) is 9.68. The summed E-state index contributed by atoms with van der Waals surface area (Å²) in [5.41, 5.74) is 2.13. The van der Waals surface area contributed by atoms with E-state index in [1.807, 2.05) is 0 Å². The summed E-state index contributed by atoms with van der Waals surface area (Å²) in [4.78, 5) is 33.5. The lowest BCUT2D eigenvalue weighted by Gasteiger charge is -2.57. The van der Waals surface area contributed by atoms with Crippen LogP contribution in [0.4, 0.5) is 5.69 Å². The van der Waals surface area contributed by atoms with Crippen LogP contribution in [0.1, 0.15) is 97.1 Å². The molecule has 4 fully saturated rings. The van der Waals surface area contributed by atoms with E-state index in [0.29, 0.717) is 16.8 Å². The van der Waals surface area contributed by atoms with Crippen LogP contribution >= 0.6 is 0 Å². The molecule has 4 bridgehead atoms. The van der Waals surface area contributed by atoms with E-state index in [1.165, 1.54) is 50.7 Å². The number of aromatic nitrogens is 2. The molecule has 1 unspecified atom stereocenters. The van der Waals surface area contributed by atoms with Crippen molar-refractivity contribution in [2.24, 2.45) is 23.2 Å². The first kappa shape index (κ1) is 24.2. The Morgan fingerprint density at radius 2 is 1.84 bits per heavy atom. The number of nitrogens with one attached hydrogen (secondary N) is 2. The molecule has 37 heavy (non-hydrogen) atoms. The van der Waals surface area contributed by atoms with Crippen LogP contribution < -0.4 is 5.32 Å². The normalized spacial score (nSPS) is 31.5. The number of rotatable bonds is 8. The van der Waals surface area contributed by atoms with E-state index in [0.717, 1.165) is 55.0 Å². The number of benzene rings is 1. The minimum Gasteiger partial charge on any atom is -0.478 e. The zero-order valence-corrected chi connectivity index (χ0v) is 21.6. The van der Waals surface area contributed by atoms with Crippen LogP contribution in [-0.4, -0.2) is 27.0 Å². The highest BCUT2D eigenvalue weighted by atomic mass is 16.4. The molecule has 6 nitrogen and oxygen atoms in total. The number of carbonyl (C=O) groups is 2. The van der Waals surface area contributed by atoms with Crippen LogP contribution in [0, 0.1) is 23.2 Å². The number of anilines is 1. The Hall–Kier alpha value is -3.15. The molecule has 4 saturated carbocycles. The fraction of sp³-hybridized carbons (Fsp3) is 0.516. The average Bonchev–Trinajstić information content (AvgIpc) is 3.33. The highest BCUT2D eigenvalue weighted by molar-refractivity contribution is 6.04. The predicted octanol–water partition coefficient (Wildman–Crippen LogP) is 6.67. The summed E-state index contributed by atoms with van der Waals surface area (Å²) in [7, 11) is 0. The molecule has 2 aromatic rings. The summed E-state index contributed by atoms with van der Waals surface area (Å²) in [6.07, 6.45) is 20.5. The van der Waals surface area contributed by atoms with Gasteiger partial charge in [0.1, 0.15) is 11.5 Å². The van der Waals surface area contributed by atoms with Gasteiger partial charge in [0, 0.05) is 16.8 Å². The SMILES string of the molecule is CCC1(c2nc(C(=O)Nc3cccc(C(=O)O)c3)c(CCC34CC5CC(CC(C5)C3)C4)[nH]2)C=CC=CC1. The van der Waals surface area contributed by atoms with Crippen LogP contribution in [0.2, 0.25) is 0 Å². The van der Waals surface area contributed by atoms with Crippen molar-refractivity contribution in [2.75, 3.05) is 5.32 Å². The van der Waals surface area contributed by atoms with Crippen molar-refractivity contribution in [3.05, 3.63) is 71.3 Å². The van der Waals surface area contributed by atoms with Crippen LogP contribution in [-0.2, 0) is 11.8 Å². The minimum atomic E-state index is -1.02. The van der Waals surface area contributed by atoms with Crippen molar-refractivity contribution < 1.29 is 14.7 Å². The first-order chi connectivity index (χ1) is 17.9. The number of hydrogen-bond donors (Lipinski definition) is 3. The number of carboxylic acid groups (broad SMARTS) is 1. The van der Waals surface area contributed by atoms with Gasteiger partial charge in [-0.3, -0.25) is 4.79 Å². The van der Waals surface area contributed by atoms with Crippen LogP contribution in [0.15, 0.2) is 48.6 Å². The molecule has 194 valence electrons. The van der Waals surface area contributed by atoms with E-state index in [9.17, 15) is 14.7 Å². The van der Waals surface area contributed by atoms with Crippen LogP contribution in [0.25, 0.3) is 0 Å². The number of carbonyl (C=O) groups excluding carboxylic acids is 1. The van der Waals surface area contributed by atoms with E-state index in [1.54, 1.807) is 12.1 Å². The molecule has 1 atom stereocenters. The number of hydrogen-bond acceptors (Lipinski definition) is 3. The van der Waals surface area contributed by atoms with Gasteiger partial charge in [-0.05, 0) is 106 Å². The Labute approximate surface area is 218 Å². The molecule has 1 heterocycles. The first-order valence-electron chi connectivity index (χ1n) is 14.0. The second-order valence-electron chi connectivity index (χ2n) is 12.2. The van der Waals surface area contributed by atoms with Gasteiger partial charge >= 0.3 is 5.97 Å². The maximum Gasteiger partial charge on any atom is 0.335 e. The standard InChI is InChI=1S/C31H37N3O3/c1-2-31(10-4-3-5-11-31)29-33-25(9-12-30-17-20-13-21(18-30)15-22(14-20)19-30)26(34-29)27(35)32-24-8-6-7-23(16-24)28(36)37/h3-8,10,16,20-22H,2,9,11-15,17-19H2,1H3,(H,32,35)(H,33,34)(H,36,37). The quantitative estimate of drug-likeness (QED) is 0.378. The molecule has 1 aromatic heterocycles. The second kappa shape index (κ2) is 9.30. The summed E-state index contributed by atoms with van der Waals surface area (Å²) in [5.74, 6) is 2.24. The van der Waals surface area contributed by atoms with Gasteiger partial charge < -0.3 is 15.4 Å². The van der Waals surface area contributed by atoms with Gasteiger partial charge in [0.25, 0.3) is 5.91 Å². The molecule has 6 heteroatoms. The number of H-pyrrole nitrogens is 1. The highest BCUT2D eigenvalue weighted by Crippen LogP contribution is 2.61. The molecule has 0 saturated heterocycles. The summed E-state index contributed by atoms with van der Waals surface area (Å²) >= 11 is 0. The van der Waals surface area contributed by atoms with Crippen LogP contribution in [0.3, 0.4) is 0 Å². The lowest BCUT2D eigenvalue weighted by Crippen LogP contribution is -2.46. The minimum absolute atomic E-state index is 0.145. The van der Waals surface area contributed by atoms with Crippen molar-refractivity contribution >= 4 is 17.6 Å². The number of allylic oxidation sites excluding steroid dienone is 4. The molecule has 1 aromatic carbocycles. The number of aromatic amines is 1. The number of amides is 1. The zero-order valence-electron chi connectivity index (χ0n) is 21.6. The van der Waals surface area contributed by atoms with Gasteiger partial charge in [-0.2, -0.15) is 0 Å². The molecule has 0 radical (unpaired) electrons. The third kappa shape index (κ3) is 4.55. The van der Waals surface area contributed by atoms with Crippen LogP contribution in [0.5, 0.6) is 0 Å². The fourth-order valence-corrected chi connectivity index (χ4v) is 8.19. The third-order valence-corrected chi connectivity index (χ3v) is 9.68. The maximum atomic E-state index is 13.6. The summed E-state index contributed by atoms with van der Waals surface area (Å²) in [5, 5.41) is 12.3. The summed E-state index contributed by atoms with van der Waals surface area (Å²) < 4.78 is 0. The van der Waals surface area contributed by atoms with Gasteiger partial charge in [0.15, 0.2) is 0 Å². The van der Waals surface area contributed by atoms with E-state index >= 15 is 0 Å². The number of imidazole rings is 1. The van der Waals surface area contributed by atoms with Crippen molar-refractivity contribution in [3.8, 4) is 0 Å². The van der Waals surface area contributed by atoms with Gasteiger partial charge in [-0.25, -0.2) is 9.78 Å². The Balaban J connectivity index is 1.29. The molecule has 1 amide bonds. The van der Waals surface area contributed by atoms with Crippen molar-refractivity contribution in [2.45, 2.75) is 76.5 Å². The molecule has 5 aliphatic carbocycles. The highest BCUT2D eigenvalue weighted by Gasteiger charge is 2.50. The molecule has 3 N–H and O–H groups in total. The average molecular weight is 500 g/mol. The second-order valence-corrected chi connectivity index (χ2v) is 12.2. The monoisotopic (exact) mass is 499 g/mol. The smallest absolute Gasteiger partial charge is 0.335 e. The lowest BCUT2D eigenvalue weighted by atomic mass is 9.48. The predicted molar refractivity (Wildman–Crippen MR) is 144 cm³/mol. The molecule has 0 spiro atoms. The van der Waals surface area contributed by atoms with Gasteiger partial charge in [0.05, 0.1) is 5.56 Å².